The second-order valence-corrected chi connectivity index (χ2v) is 4.72. The fourth-order valence-electron chi connectivity index (χ4n) is 1.76. The first-order valence-electron chi connectivity index (χ1n) is 6.65. The predicted octanol–water partition coefficient (Wildman–Crippen LogP) is 3.42. The first-order valence-corrected chi connectivity index (χ1v) is 6.65. The lowest BCUT2D eigenvalue weighted by Gasteiger charge is -2.15. The number of amides is 1. The molecule has 6 nitrogen and oxygen atoms in total. The van der Waals surface area contributed by atoms with Gasteiger partial charge in [0.15, 0.2) is 23.6 Å². The second kappa shape index (κ2) is 6.99. The van der Waals surface area contributed by atoms with Crippen LogP contribution in [0, 0.1) is 27.6 Å². The largest absolute Gasteiger partial charge is 0.481 e. The van der Waals surface area contributed by atoms with E-state index in [4.69, 9.17) is 4.74 Å². The number of benzene rings is 2. The first-order chi connectivity index (χ1) is 11.3. The van der Waals surface area contributed by atoms with Crippen molar-refractivity contribution in [2.45, 2.75) is 13.0 Å². The van der Waals surface area contributed by atoms with Crippen molar-refractivity contribution in [1.29, 1.82) is 0 Å². The van der Waals surface area contributed by atoms with Gasteiger partial charge in [-0.05, 0) is 31.2 Å². The van der Waals surface area contributed by atoms with Crippen LogP contribution in [0.1, 0.15) is 6.92 Å². The van der Waals surface area contributed by atoms with Gasteiger partial charge in [0.05, 0.1) is 10.6 Å². The number of carbonyl (C=O) groups excluding carboxylic acids is 1. The van der Waals surface area contributed by atoms with E-state index in [0.717, 1.165) is 6.07 Å². The number of nitrogens with zero attached hydrogens (tertiary/aromatic N) is 1. The molecule has 0 fully saturated rings. The Labute approximate surface area is 134 Å². The standard InChI is InChI=1S/C15H11F3N2O4/c1-8(24-10-4-2-9(3-5-10)20(22)23)15(21)19-12-7-6-11(16)13(17)14(12)18/h2-8H,1H3,(H,19,21)/t8-/m1/s1. The van der Waals surface area contributed by atoms with Crippen LogP contribution < -0.4 is 10.1 Å². The number of anilines is 1. The molecule has 1 N–H and O–H groups in total. The van der Waals surface area contributed by atoms with Gasteiger partial charge in [-0.15, -0.1) is 0 Å². The van der Waals surface area contributed by atoms with Crippen LogP contribution in [0.15, 0.2) is 36.4 Å². The molecule has 0 aliphatic carbocycles. The van der Waals surface area contributed by atoms with E-state index in [9.17, 15) is 28.1 Å². The molecule has 0 unspecified atom stereocenters. The summed E-state index contributed by atoms with van der Waals surface area (Å²) in [6, 6.07) is 6.52. The Balaban J connectivity index is 2.04. The molecule has 2 aromatic rings. The molecule has 2 aromatic carbocycles. The van der Waals surface area contributed by atoms with E-state index >= 15 is 0 Å². The monoisotopic (exact) mass is 340 g/mol. The summed E-state index contributed by atoms with van der Waals surface area (Å²) in [5.74, 6) is -5.23. The number of halogens is 3. The molecule has 0 saturated heterocycles. The molecular weight excluding hydrogens is 329 g/mol. The summed E-state index contributed by atoms with van der Waals surface area (Å²) in [5, 5.41) is 12.6. The van der Waals surface area contributed by atoms with Crippen molar-refractivity contribution in [1.82, 2.24) is 0 Å². The number of rotatable bonds is 5. The Morgan fingerprint density at radius 2 is 1.75 bits per heavy atom. The number of nitro groups is 1. The molecule has 126 valence electrons. The molecule has 0 aliphatic rings. The molecular formula is C15H11F3N2O4. The van der Waals surface area contributed by atoms with Crippen LogP contribution >= 0.6 is 0 Å². The summed E-state index contributed by atoms with van der Waals surface area (Å²) < 4.78 is 44.7. The topological polar surface area (TPSA) is 81.5 Å². The maximum absolute atomic E-state index is 13.5. The molecule has 0 aliphatic heterocycles. The minimum absolute atomic E-state index is 0.150. The number of hydrogen-bond donors (Lipinski definition) is 1. The molecule has 0 saturated carbocycles. The normalized spacial score (nSPS) is 11.7. The third kappa shape index (κ3) is 3.80. The Morgan fingerprint density at radius 3 is 2.33 bits per heavy atom. The van der Waals surface area contributed by atoms with E-state index in [1.165, 1.54) is 31.2 Å². The van der Waals surface area contributed by atoms with E-state index in [2.05, 4.69) is 5.32 Å². The van der Waals surface area contributed by atoms with E-state index in [1.54, 1.807) is 0 Å². The van der Waals surface area contributed by atoms with Crippen LogP contribution in [0.2, 0.25) is 0 Å². The van der Waals surface area contributed by atoms with Crippen LogP contribution in [-0.4, -0.2) is 16.9 Å². The third-order valence-electron chi connectivity index (χ3n) is 3.02. The Morgan fingerprint density at radius 1 is 1.12 bits per heavy atom. The lowest BCUT2D eigenvalue weighted by Crippen LogP contribution is -2.30. The number of hydrogen-bond acceptors (Lipinski definition) is 4. The third-order valence-corrected chi connectivity index (χ3v) is 3.02. The zero-order valence-electron chi connectivity index (χ0n) is 12.3. The number of nitro benzene ring substituents is 1. The molecule has 0 radical (unpaired) electrons. The molecule has 2 rings (SSSR count). The molecule has 0 spiro atoms. The number of carbonyl (C=O) groups is 1. The summed E-state index contributed by atoms with van der Waals surface area (Å²) >= 11 is 0. The highest BCUT2D eigenvalue weighted by Gasteiger charge is 2.20. The quantitative estimate of drug-likeness (QED) is 0.514. The van der Waals surface area contributed by atoms with Gasteiger partial charge in [0.25, 0.3) is 11.6 Å². The van der Waals surface area contributed by atoms with Crippen molar-refractivity contribution in [2.75, 3.05) is 5.32 Å². The summed E-state index contributed by atoms with van der Waals surface area (Å²) in [6.07, 6.45) is -1.11. The van der Waals surface area contributed by atoms with E-state index in [0.29, 0.717) is 6.07 Å². The zero-order valence-corrected chi connectivity index (χ0v) is 12.3. The highest BCUT2D eigenvalue weighted by molar-refractivity contribution is 5.94. The van der Waals surface area contributed by atoms with Crippen molar-refractivity contribution in [3.05, 3.63) is 64.0 Å². The molecule has 1 atom stereocenters. The molecule has 0 bridgehead atoms. The molecule has 0 aromatic heterocycles. The van der Waals surface area contributed by atoms with Crippen molar-refractivity contribution in [2.24, 2.45) is 0 Å². The molecule has 24 heavy (non-hydrogen) atoms. The van der Waals surface area contributed by atoms with Crippen LogP contribution in [0.4, 0.5) is 24.5 Å². The van der Waals surface area contributed by atoms with Gasteiger partial charge in [-0.25, -0.2) is 13.2 Å². The lowest BCUT2D eigenvalue weighted by molar-refractivity contribution is -0.384. The van der Waals surface area contributed by atoms with Crippen LogP contribution in [0.5, 0.6) is 5.75 Å². The number of non-ortho nitro benzene ring substituents is 1. The van der Waals surface area contributed by atoms with Crippen molar-refractivity contribution in [3.8, 4) is 5.75 Å². The van der Waals surface area contributed by atoms with E-state index in [-0.39, 0.29) is 11.4 Å². The highest BCUT2D eigenvalue weighted by atomic mass is 19.2. The first kappa shape index (κ1) is 17.3. The fraction of sp³-hybridized carbons (Fsp3) is 0.133. The summed E-state index contributed by atoms with van der Waals surface area (Å²) in [7, 11) is 0. The van der Waals surface area contributed by atoms with E-state index < -0.39 is 40.1 Å². The minimum Gasteiger partial charge on any atom is -0.481 e. The molecule has 1 amide bonds. The van der Waals surface area contributed by atoms with Crippen LogP contribution in [0.3, 0.4) is 0 Å². The maximum atomic E-state index is 13.5. The van der Waals surface area contributed by atoms with Gasteiger partial charge < -0.3 is 10.1 Å². The van der Waals surface area contributed by atoms with Crippen LogP contribution in [-0.2, 0) is 4.79 Å². The van der Waals surface area contributed by atoms with Gasteiger partial charge in [0.1, 0.15) is 5.75 Å². The highest BCUT2D eigenvalue weighted by Crippen LogP contribution is 2.21. The SMILES string of the molecule is C[C@@H](Oc1ccc([N+](=O)[O-])cc1)C(=O)Nc1ccc(F)c(F)c1F. The summed E-state index contributed by atoms with van der Waals surface area (Å²) in [6.45, 7) is 1.34. The number of nitrogens with one attached hydrogen (secondary N) is 1. The van der Waals surface area contributed by atoms with Gasteiger partial charge in [-0.2, -0.15) is 0 Å². The minimum atomic E-state index is -1.70. The maximum Gasteiger partial charge on any atom is 0.269 e. The Bertz CT molecular complexity index is 781. The smallest absolute Gasteiger partial charge is 0.269 e. The van der Waals surface area contributed by atoms with Gasteiger partial charge in [-0.1, -0.05) is 0 Å². The van der Waals surface area contributed by atoms with Crippen molar-refractivity contribution in [3.63, 3.8) is 0 Å². The fourth-order valence-corrected chi connectivity index (χ4v) is 1.76. The Kier molecular flexibility index (Phi) is 5.02. The second-order valence-electron chi connectivity index (χ2n) is 4.72. The van der Waals surface area contributed by atoms with Gasteiger partial charge in [-0.3, -0.25) is 14.9 Å². The zero-order chi connectivity index (χ0) is 17.9. The van der Waals surface area contributed by atoms with Crippen LogP contribution in [0.25, 0.3) is 0 Å². The average molecular weight is 340 g/mol. The lowest BCUT2D eigenvalue weighted by atomic mass is 10.2. The predicted molar refractivity (Wildman–Crippen MR) is 78.1 cm³/mol. The molecule has 0 heterocycles. The summed E-state index contributed by atoms with van der Waals surface area (Å²) in [5.41, 5.74) is -0.679. The average Bonchev–Trinajstić information content (AvgIpc) is 2.55. The summed E-state index contributed by atoms with van der Waals surface area (Å²) in [4.78, 5) is 21.9. The van der Waals surface area contributed by atoms with Gasteiger partial charge in [0, 0.05) is 12.1 Å². The van der Waals surface area contributed by atoms with Crippen molar-refractivity contribution >= 4 is 17.3 Å². The van der Waals surface area contributed by atoms with Gasteiger partial charge >= 0.3 is 0 Å². The van der Waals surface area contributed by atoms with Gasteiger partial charge in [0.2, 0.25) is 0 Å². The van der Waals surface area contributed by atoms with Crippen molar-refractivity contribution < 1.29 is 27.6 Å². The number of ether oxygens (including phenoxy) is 1. The Hall–Kier alpha value is -3.10. The molecule has 9 heteroatoms. The van der Waals surface area contributed by atoms with E-state index in [1.807, 2.05) is 0 Å².